The summed E-state index contributed by atoms with van der Waals surface area (Å²) in [6.45, 7) is 0.357. The highest BCUT2D eigenvalue weighted by molar-refractivity contribution is 7.13. The third-order valence-electron chi connectivity index (χ3n) is 2.28. The van der Waals surface area contributed by atoms with Crippen molar-refractivity contribution in [3.05, 3.63) is 40.9 Å². The molecule has 6 heteroatoms. The van der Waals surface area contributed by atoms with E-state index < -0.39 is 11.7 Å². The summed E-state index contributed by atoms with van der Waals surface area (Å²) in [6, 6.07) is 5.16. The van der Waals surface area contributed by atoms with Gasteiger partial charge in [0.2, 0.25) is 0 Å². The normalized spacial score (nSPS) is 11.8. The van der Waals surface area contributed by atoms with Crippen molar-refractivity contribution in [2.75, 3.05) is 7.11 Å². The Morgan fingerprint density at radius 2 is 2.11 bits per heavy atom. The van der Waals surface area contributed by atoms with E-state index in [4.69, 9.17) is 4.74 Å². The number of methoxy groups -OCH3 is 1. The molecule has 96 valence electrons. The highest BCUT2D eigenvalue weighted by Gasteiger charge is 2.30. The molecule has 0 unspecified atom stereocenters. The Kier molecular flexibility index (Phi) is 3.68. The van der Waals surface area contributed by atoms with Crippen molar-refractivity contribution in [3.8, 4) is 10.6 Å². The lowest BCUT2D eigenvalue weighted by Gasteiger charge is -2.07. The largest absolute Gasteiger partial charge is 0.416 e. The summed E-state index contributed by atoms with van der Waals surface area (Å²) in [5.41, 5.74) is 0.524. The number of aromatic nitrogens is 1. The van der Waals surface area contributed by atoms with Gasteiger partial charge in [0.1, 0.15) is 5.01 Å². The van der Waals surface area contributed by atoms with Crippen molar-refractivity contribution in [1.82, 2.24) is 4.98 Å². The summed E-state index contributed by atoms with van der Waals surface area (Å²) in [5.74, 6) is 0. The fourth-order valence-corrected chi connectivity index (χ4v) is 2.28. The lowest BCUT2D eigenvalue weighted by molar-refractivity contribution is -0.137. The van der Waals surface area contributed by atoms with Crippen LogP contribution in [0.4, 0.5) is 13.2 Å². The SMILES string of the molecule is COCc1csc(-c2cccc(C(F)(F)F)c2)n1. The molecule has 18 heavy (non-hydrogen) atoms. The van der Waals surface area contributed by atoms with Gasteiger partial charge in [-0.3, -0.25) is 0 Å². The maximum Gasteiger partial charge on any atom is 0.416 e. The Balaban J connectivity index is 2.32. The van der Waals surface area contributed by atoms with Gasteiger partial charge in [-0.25, -0.2) is 4.98 Å². The summed E-state index contributed by atoms with van der Waals surface area (Å²) < 4.78 is 42.6. The van der Waals surface area contributed by atoms with Crippen LogP contribution < -0.4 is 0 Å². The van der Waals surface area contributed by atoms with E-state index in [1.165, 1.54) is 17.4 Å². The molecular formula is C12H10F3NOS. The summed E-state index contributed by atoms with van der Waals surface area (Å²) >= 11 is 1.30. The first-order valence-corrected chi connectivity index (χ1v) is 5.99. The molecule has 0 aliphatic rings. The number of alkyl halides is 3. The molecule has 0 N–H and O–H groups in total. The minimum absolute atomic E-state index is 0.357. The number of benzene rings is 1. The van der Waals surface area contributed by atoms with Gasteiger partial charge in [-0.05, 0) is 12.1 Å². The van der Waals surface area contributed by atoms with E-state index >= 15 is 0 Å². The molecule has 0 aliphatic heterocycles. The highest BCUT2D eigenvalue weighted by atomic mass is 32.1. The predicted octanol–water partition coefficient (Wildman–Crippen LogP) is 3.98. The van der Waals surface area contributed by atoms with Gasteiger partial charge in [0.25, 0.3) is 0 Å². The molecule has 0 atom stereocenters. The van der Waals surface area contributed by atoms with Crippen molar-refractivity contribution < 1.29 is 17.9 Å². The van der Waals surface area contributed by atoms with Crippen LogP contribution in [0.25, 0.3) is 10.6 Å². The zero-order valence-electron chi connectivity index (χ0n) is 9.49. The van der Waals surface area contributed by atoms with Crippen LogP contribution in [-0.2, 0) is 17.5 Å². The van der Waals surface area contributed by atoms with E-state index in [9.17, 15) is 13.2 Å². The van der Waals surface area contributed by atoms with E-state index in [0.717, 1.165) is 17.8 Å². The molecule has 0 bridgehead atoms. The molecule has 0 saturated carbocycles. The van der Waals surface area contributed by atoms with Crippen molar-refractivity contribution in [1.29, 1.82) is 0 Å². The van der Waals surface area contributed by atoms with Crippen molar-refractivity contribution in [3.63, 3.8) is 0 Å². The molecule has 0 aliphatic carbocycles. The fourth-order valence-electron chi connectivity index (χ4n) is 1.48. The number of hydrogen-bond acceptors (Lipinski definition) is 3. The van der Waals surface area contributed by atoms with E-state index in [-0.39, 0.29) is 0 Å². The van der Waals surface area contributed by atoms with Crippen LogP contribution in [0.5, 0.6) is 0 Å². The maximum absolute atomic E-state index is 12.6. The Morgan fingerprint density at radius 3 is 2.78 bits per heavy atom. The lowest BCUT2D eigenvalue weighted by Crippen LogP contribution is -2.04. The maximum atomic E-state index is 12.6. The summed E-state index contributed by atoms with van der Waals surface area (Å²) in [6.07, 6.45) is -4.33. The first-order chi connectivity index (χ1) is 8.50. The van der Waals surface area contributed by atoms with Gasteiger partial charge < -0.3 is 4.74 Å². The number of halogens is 3. The van der Waals surface area contributed by atoms with E-state index in [0.29, 0.717) is 17.2 Å². The molecule has 0 spiro atoms. The average molecular weight is 273 g/mol. The fraction of sp³-hybridized carbons (Fsp3) is 0.250. The van der Waals surface area contributed by atoms with Crippen LogP contribution in [0.3, 0.4) is 0 Å². The Bertz CT molecular complexity index is 536. The van der Waals surface area contributed by atoms with Crippen LogP contribution in [0.2, 0.25) is 0 Å². The third kappa shape index (κ3) is 2.88. The van der Waals surface area contributed by atoms with Crippen LogP contribution >= 0.6 is 11.3 Å². The van der Waals surface area contributed by atoms with Crippen LogP contribution in [0.1, 0.15) is 11.3 Å². The number of nitrogens with zero attached hydrogens (tertiary/aromatic N) is 1. The van der Waals surface area contributed by atoms with Gasteiger partial charge in [0.05, 0.1) is 17.9 Å². The van der Waals surface area contributed by atoms with E-state index in [2.05, 4.69) is 4.98 Å². The molecular weight excluding hydrogens is 263 g/mol. The second-order valence-electron chi connectivity index (χ2n) is 3.66. The predicted molar refractivity (Wildman–Crippen MR) is 63.3 cm³/mol. The van der Waals surface area contributed by atoms with E-state index in [1.54, 1.807) is 18.6 Å². The Labute approximate surface area is 106 Å². The lowest BCUT2D eigenvalue weighted by atomic mass is 10.1. The number of ether oxygens (including phenoxy) is 1. The minimum atomic E-state index is -4.33. The molecule has 0 amide bonds. The zero-order chi connectivity index (χ0) is 13.2. The smallest absolute Gasteiger partial charge is 0.378 e. The number of thiazole rings is 1. The summed E-state index contributed by atoms with van der Waals surface area (Å²) in [5, 5.41) is 2.34. The van der Waals surface area contributed by atoms with Gasteiger partial charge in [-0.1, -0.05) is 12.1 Å². The molecule has 1 heterocycles. The molecule has 0 radical (unpaired) electrons. The monoisotopic (exact) mass is 273 g/mol. The van der Waals surface area contributed by atoms with Crippen molar-refractivity contribution >= 4 is 11.3 Å². The first-order valence-electron chi connectivity index (χ1n) is 5.11. The van der Waals surface area contributed by atoms with Gasteiger partial charge in [0.15, 0.2) is 0 Å². The average Bonchev–Trinajstić information content (AvgIpc) is 2.77. The van der Waals surface area contributed by atoms with Gasteiger partial charge in [-0.2, -0.15) is 13.2 Å². The Morgan fingerprint density at radius 1 is 1.33 bits per heavy atom. The van der Waals surface area contributed by atoms with Crippen LogP contribution in [-0.4, -0.2) is 12.1 Å². The van der Waals surface area contributed by atoms with Gasteiger partial charge >= 0.3 is 6.18 Å². The second-order valence-corrected chi connectivity index (χ2v) is 4.51. The van der Waals surface area contributed by atoms with Gasteiger partial charge in [0, 0.05) is 18.1 Å². The molecule has 2 rings (SSSR count). The highest BCUT2D eigenvalue weighted by Crippen LogP contribution is 2.33. The minimum Gasteiger partial charge on any atom is -0.378 e. The number of hydrogen-bond donors (Lipinski definition) is 0. The standard InChI is InChI=1S/C12H10F3NOS/c1-17-6-10-7-18-11(16-10)8-3-2-4-9(5-8)12(13,14)15/h2-5,7H,6H2,1H3. The quantitative estimate of drug-likeness (QED) is 0.844. The third-order valence-corrected chi connectivity index (χ3v) is 3.22. The zero-order valence-corrected chi connectivity index (χ0v) is 10.3. The summed E-state index contributed by atoms with van der Waals surface area (Å²) in [7, 11) is 1.54. The molecule has 1 aromatic carbocycles. The number of rotatable bonds is 3. The first kappa shape index (κ1) is 13.0. The molecule has 0 saturated heterocycles. The topological polar surface area (TPSA) is 22.1 Å². The molecule has 2 nitrogen and oxygen atoms in total. The second kappa shape index (κ2) is 5.07. The molecule has 0 fully saturated rings. The Hall–Kier alpha value is -1.40. The van der Waals surface area contributed by atoms with Crippen molar-refractivity contribution in [2.24, 2.45) is 0 Å². The van der Waals surface area contributed by atoms with Gasteiger partial charge in [-0.15, -0.1) is 11.3 Å². The van der Waals surface area contributed by atoms with E-state index in [1.807, 2.05) is 0 Å². The molecule has 2 aromatic rings. The van der Waals surface area contributed by atoms with Crippen molar-refractivity contribution in [2.45, 2.75) is 12.8 Å². The summed E-state index contributed by atoms with van der Waals surface area (Å²) in [4.78, 5) is 4.22. The molecule has 1 aromatic heterocycles. The van der Waals surface area contributed by atoms with Crippen LogP contribution in [0, 0.1) is 0 Å². The van der Waals surface area contributed by atoms with Crippen LogP contribution in [0.15, 0.2) is 29.6 Å².